The monoisotopic (exact) mass is 476 g/mol. The number of hydrogen-bond acceptors (Lipinski definition) is 5. The average molecular weight is 476 g/mol. The van der Waals surface area contributed by atoms with Crippen LogP contribution >= 0.6 is 15.6 Å². The number of phosphoric ester groups is 2. The van der Waals surface area contributed by atoms with Crippen molar-refractivity contribution in [3.05, 3.63) is 0 Å². The quantitative estimate of drug-likeness (QED) is 0.153. The van der Waals surface area contributed by atoms with Crippen molar-refractivity contribution in [3.8, 4) is 0 Å². The van der Waals surface area contributed by atoms with Crippen LogP contribution in [0.15, 0.2) is 0 Å². The number of unbranched alkanes of at least 4 members (excludes halogenated alkanes) is 3. The molecule has 0 amide bonds. The summed E-state index contributed by atoms with van der Waals surface area (Å²) in [5, 5.41) is 0. The van der Waals surface area contributed by atoms with Gasteiger partial charge in [0.2, 0.25) is 0 Å². The summed E-state index contributed by atoms with van der Waals surface area (Å²) in [5.41, 5.74) is -0.0996. The third kappa shape index (κ3) is 21.4. The molecule has 0 aromatic heterocycles. The summed E-state index contributed by atoms with van der Waals surface area (Å²) >= 11 is 0. The highest BCUT2D eigenvalue weighted by Gasteiger charge is 2.23. The lowest BCUT2D eigenvalue weighted by Gasteiger charge is -2.24. The van der Waals surface area contributed by atoms with Crippen molar-refractivity contribution in [1.29, 1.82) is 0 Å². The van der Waals surface area contributed by atoms with Gasteiger partial charge in [0.1, 0.15) is 0 Å². The standard InChI is InChI=1S/C19H42O9P2/c1-18(2,12-7-10-16-27-29(20,21)22)11-5-8-14-26-15-9-6-13-19(3,4)17-28-30(23,24)25/h5-17H2,1-4H3,(H2,20,21,22)(H2,23,24,25). The summed E-state index contributed by atoms with van der Waals surface area (Å²) in [6.07, 6.45) is 8.26. The van der Waals surface area contributed by atoms with Crippen molar-refractivity contribution in [1.82, 2.24) is 0 Å². The van der Waals surface area contributed by atoms with Gasteiger partial charge in [-0.3, -0.25) is 9.05 Å². The van der Waals surface area contributed by atoms with Gasteiger partial charge in [-0.05, 0) is 49.4 Å². The Hall–Kier alpha value is 0.180. The Kier molecular flexibility index (Phi) is 14.4. The van der Waals surface area contributed by atoms with E-state index in [1.54, 1.807) is 0 Å². The van der Waals surface area contributed by atoms with Crippen molar-refractivity contribution in [2.24, 2.45) is 10.8 Å². The Labute approximate surface area is 181 Å². The molecule has 0 atom stereocenters. The third-order valence-corrected chi connectivity index (χ3v) is 5.90. The summed E-state index contributed by atoms with van der Waals surface area (Å²) in [6.45, 7) is 9.78. The largest absolute Gasteiger partial charge is 0.469 e. The van der Waals surface area contributed by atoms with Gasteiger partial charge >= 0.3 is 15.6 Å². The van der Waals surface area contributed by atoms with Gasteiger partial charge in [-0.1, -0.05) is 47.0 Å². The normalized spacial score (nSPS) is 13.7. The number of hydrogen-bond donors (Lipinski definition) is 4. The molecule has 0 aromatic carbocycles. The van der Waals surface area contributed by atoms with E-state index < -0.39 is 15.6 Å². The first kappa shape index (κ1) is 30.2. The van der Waals surface area contributed by atoms with E-state index in [2.05, 4.69) is 22.9 Å². The van der Waals surface area contributed by atoms with E-state index in [9.17, 15) is 9.13 Å². The molecule has 0 fully saturated rings. The van der Waals surface area contributed by atoms with Crippen LogP contribution in [0.1, 0.15) is 85.5 Å². The van der Waals surface area contributed by atoms with Crippen LogP contribution in [0.25, 0.3) is 0 Å². The molecule has 9 nitrogen and oxygen atoms in total. The maximum atomic E-state index is 10.8. The molecule has 11 heteroatoms. The van der Waals surface area contributed by atoms with Crippen LogP contribution in [0.2, 0.25) is 0 Å². The smallest absolute Gasteiger partial charge is 0.381 e. The first-order valence-corrected chi connectivity index (χ1v) is 13.7. The van der Waals surface area contributed by atoms with E-state index in [1.807, 2.05) is 13.8 Å². The molecule has 0 bridgehead atoms. The molecule has 0 rings (SSSR count). The summed E-state index contributed by atoms with van der Waals surface area (Å²) in [7, 11) is -8.76. The summed E-state index contributed by atoms with van der Waals surface area (Å²) in [4.78, 5) is 34.8. The Morgan fingerprint density at radius 3 is 1.43 bits per heavy atom. The van der Waals surface area contributed by atoms with Gasteiger partial charge in [-0.25, -0.2) is 9.13 Å². The molecule has 0 radical (unpaired) electrons. The van der Waals surface area contributed by atoms with Crippen molar-refractivity contribution in [3.63, 3.8) is 0 Å². The van der Waals surface area contributed by atoms with E-state index >= 15 is 0 Å². The van der Waals surface area contributed by atoms with Crippen LogP contribution in [-0.2, 0) is 22.9 Å². The Bertz CT molecular complexity index is 540. The first-order chi connectivity index (χ1) is 13.6. The maximum Gasteiger partial charge on any atom is 0.469 e. The summed E-state index contributed by atoms with van der Waals surface area (Å²) < 4.78 is 36.1. The number of rotatable bonds is 19. The zero-order chi connectivity index (χ0) is 23.3. The third-order valence-electron chi connectivity index (χ3n) is 4.92. The molecule has 0 unspecified atom stereocenters. The topological polar surface area (TPSA) is 143 Å². The van der Waals surface area contributed by atoms with E-state index in [1.165, 1.54) is 0 Å². The van der Waals surface area contributed by atoms with Gasteiger partial charge in [-0.15, -0.1) is 0 Å². The molecular weight excluding hydrogens is 434 g/mol. The second-order valence-electron chi connectivity index (χ2n) is 9.40. The number of ether oxygens (including phenoxy) is 1. The zero-order valence-electron chi connectivity index (χ0n) is 18.9. The molecular formula is C19H42O9P2. The lowest BCUT2D eigenvalue weighted by molar-refractivity contribution is 0.105. The highest BCUT2D eigenvalue weighted by molar-refractivity contribution is 7.46. The zero-order valence-corrected chi connectivity index (χ0v) is 20.7. The minimum atomic E-state index is -4.41. The van der Waals surface area contributed by atoms with Crippen molar-refractivity contribution in [2.45, 2.75) is 85.5 Å². The van der Waals surface area contributed by atoms with Gasteiger partial charge in [0.05, 0.1) is 13.2 Å². The highest BCUT2D eigenvalue weighted by atomic mass is 31.2. The van der Waals surface area contributed by atoms with Crippen molar-refractivity contribution in [2.75, 3.05) is 26.4 Å². The summed E-state index contributed by atoms with van der Waals surface area (Å²) in [5.74, 6) is 0. The van der Waals surface area contributed by atoms with Crippen LogP contribution in [-0.4, -0.2) is 46.0 Å². The lowest BCUT2D eigenvalue weighted by Crippen LogP contribution is -2.18. The second kappa shape index (κ2) is 14.4. The Morgan fingerprint density at radius 1 is 0.600 bits per heavy atom. The predicted molar refractivity (Wildman–Crippen MR) is 116 cm³/mol. The fraction of sp³-hybridized carbons (Fsp3) is 1.00. The lowest BCUT2D eigenvalue weighted by atomic mass is 9.82. The van der Waals surface area contributed by atoms with E-state index in [0.717, 1.165) is 58.0 Å². The maximum absolute atomic E-state index is 10.8. The first-order valence-electron chi connectivity index (χ1n) is 10.6. The molecule has 0 saturated heterocycles. The van der Waals surface area contributed by atoms with Gasteiger partial charge < -0.3 is 24.3 Å². The minimum absolute atomic E-state index is 0.0324. The molecule has 30 heavy (non-hydrogen) atoms. The van der Waals surface area contributed by atoms with Crippen LogP contribution in [0, 0.1) is 10.8 Å². The van der Waals surface area contributed by atoms with Crippen LogP contribution in [0.3, 0.4) is 0 Å². The SMILES string of the molecule is CC(C)(CCCCOCCCCC(C)(C)COP(=O)(O)O)CCCCOP(=O)(O)O. The molecule has 0 saturated carbocycles. The Balaban J connectivity index is 3.63. The minimum Gasteiger partial charge on any atom is -0.381 e. The highest BCUT2D eigenvalue weighted by Crippen LogP contribution is 2.39. The number of phosphoric acid groups is 2. The fourth-order valence-electron chi connectivity index (χ4n) is 3.06. The van der Waals surface area contributed by atoms with E-state index in [0.29, 0.717) is 13.0 Å². The van der Waals surface area contributed by atoms with Crippen LogP contribution < -0.4 is 0 Å². The molecule has 0 aliphatic rings. The van der Waals surface area contributed by atoms with Gasteiger partial charge in [-0.2, -0.15) is 0 Å². The second-order valence-corrected chi connectivity index (χ2v) is 11.9. The molecule has 0 heterocycles. The van der Waals surface area contributed by atoms with Gasteiger partial charge in [0.15, 0.2) is 0 Å². The fourth-order valence-corrected chi connectivity index (χ4v) is 3.95. The molecule has 0 aromatic rings. The summed E-state index contributed by atoms with van der Waals surface area (Å²) in [6, 6.07) is 0. The van der Waals surface area contributed by atoms with Crippen molar-refractivity contribution < 1.29 is 42.5 Å². The molecule has 0 spiro atoms. The van der Waals surface area contributed by atoms with Crippen molar-refractivity contribution >= 4 is 15.6 Å². The molecule has 182 valence electrons. The van der Waals surface area contributed by atoms with E-state index in [4.69, 9.17) is 24.3 Å². The average Bonchev–Trinajstić information content (AvgIpc) is 2.56. The molecule has 4 N–H and O–H groups in total. The van der Waals surface area contributed by atoms with Crippen LogP contribution in [0.4, 0.5) is 0 Å². The van der Waals surface area contributed by atoms with Gasteiger partial charge in [0, 0.05) is 13.2 Å². The molecule has 0 aliphatic carbocycles. The van der Waals surface area contributed by atoms with Gasteiger partial charge in [0.25, 0.3) is 0 Å². The van der Waals surface area contributed by atoms with Crippen LogP contribution in [0.5, 0.6) is 0 Å². The Morgan fingerprint density at radius 2 is 1.00 bits per heavy atom. The predicted octanol–water partition coefficient (Wildman–Crippen LogP) is 4.78. The molecule has 0 aliphatic heterocycles. The van der Waals surface area contributed by atoms with E-state index in [-0.39, 0.29) is 24.0 Å².